The van der Waals surface area contributed by atoms with Gasteiger partial charge in [-0.1, -0.05) is 135 Å². The molecule has 0 aliphatic heterocycles. The quantitative estimate of drug-likeness (QED) is 0.0698. The Morgan fingerprint density at radius 1 is 0.250 bits per heavy atom. The molecule has 8 rings (SSSR count). The van der Waals surface area contributed by atoms with Gasteiger partial charge in [-0.05, 0) is 242 Å². The summed E-state index contributed by atoms with van der Waals surface area (Å²) in [6.45, 7) is 42.6. The van der Waals surface area contributed by atoms with E-state index in [1.54, 1.807) is 87.4 Å². The minimum absolute atomic E-state index is 0.0129. The average molecular weight is 1350 g/mol. The predicted molar refractivity (Wildman–Crippen MR) is 375 cm³/mol. The van der Waals surface area contributed by atoms with Gasteiger partial charge in [-0.3, -0.25) is 0 Å². The Bertz CT molecular complexity index is 3640. The van der Waals surface area contributed by atoms with Gasteiger partial charge in [0.25, 0.3) is 0 Å². The summed E-state index contributed by atoms with van der Waals surface area (Å²) < 4.78 is 136. The summed E-state index contributed by atoms with van der Waals surface area (Å²) in [6, 6.07) is 18.6. The van der Waals surface area contributed by atoms with Gasteiger partial charge in [-0.15, -0.1) is 0 Å². The van der Waals surface area contributed by atoms with E-state index in [0.717, 1.165) is 16.7 Å². The van der Waals surface area contributed by atoms with Crippen molar-refractivity contribution in [3.63, 3.8) is 0 Å². The van der Waals surface area contributed by atoms with Gasteiger partial charge in [-0.2, -0.15) is 0 Å². The van der Waals surface area contributed by atoms with Crippen molar-refractivity contribution in [2.75, 3.05) is 0 Å². The first-order valence-electron chi connectivity index (χ1n) is 33.8. The Balaban J connectivity index is 0.000000572. The van der Waals surface area contributed by atoms with E-state index < -0.39 is 34.9 Å². The molecule has 8 nitrogen and oxygen atoms in total. The summed E-state index contributed by atoms with van der Waals surface area (Å²) >= 11 is 0. The Kier molecular flexibility index (Phi) is 31.8. The molecule has 8 aromatic rings. The highest BCUT2D eigenvalue weighted by atomic mass is 19.2. The zero-order chi connectivity index (χ0) is 77.9. The van der Waals surface area contributed by atoms with Crippen LogP contribution in [0, 0.1) is 102 Å². The van der Waals surface area contributed by atoms with Crippen LogP contribution in [0.25, 0.3) is 0 Å². The molecule has 0 saturated carbocycles. The Hall–Kier alpha value is -8.40. The fourth-order valence-corrected chi connectivity index (χ4v) is 9.47. The minimum Gasteiger partial charge on any atom is -0.508 e. The lowest BCUT2D eigenvalue weighted by Gasteiger charge is -2.11. The average Bonchev–Trinajstić information content (AvgIpc) is 0.836. The second kappa shape index (κ2) is 39.0. The number of rotatable bonds is 8. The summed E-state index contributed by atoms with van der Waals surface area (Å²) in [6.07, 6.45) is 0. The van der Waals surface area contributed by atoms with Crippen molar-refractivity contribution >= 4 is 0 Å². The number of benzene rings is 8. The predicted octanol–water partition coefficient (Wildman–Crippen LogP) is 23.7. The molecule has 16 heteroatoms. The molecule has 0 bridgehead atoms. The number of hydrogen-bond donors (Lipinski definition) is 8. The minimum atomic E-state index is -0.937. The van der Waals surface area contributed by atoms with Gasteiger partial charge in [0.2, 0.25) is 0 Å². The molecule has 0 atom stereocenters. The molecule has 0 aliphatic carbocycles. The smallest absolute Gasteiger partial charge is 0.166 e. The van der Waals surface area contributed by atoms with Crippen LogP contribution >= 0.6 is 0 Å². The molecule has 0 aliphatic rings. The van der Waals surface area contributed by atoms with Crippen LogP contribution < -0.4 is 0 Å². The van der Waals surface area contributed by atoms with E-state index in [1.807, 2.05) is 74.4 Å². The SMILES string of the molecule is Cc1cc(O)c(C(C)C)c(F)c1.Cc1cc(O)c(C(C)C)c(F)c1F.Cc1cc(O)c(C(C)C)c(F)c1F.Cc1cc(O)c(C(C)C)cc1F.Cc1ccc(C(C)C)c(O)c1.[2H]c1c(C)cc(O)c(C(C)C)c1F.[2H]c1c(C)cc(O)c(C(C)C)c1[2H].[2H]c1c(F)c(C)cc(O)c1C(C)C. The molecule has 528 valence electrons. The van der Waals surface area contributed by atoms with Gasteiger partial charge < -0.3 is 40.9 Å². The van der Waals surface area contributed by atoms with Crippen LogP contribution in [-0.4, -0.2) is 40.9 Å². The molecule has 0 fully saturated rings. The Morgan fingerprint density at radius 3 is 0.979 bits per heavy atom. The highest BCUT2D eigenvalue weighted by molar-refractivity contribution is 5.45. The second-order valence-corrected chi connectivity index (χ2v) is 26.2. The van der Waals surface area contributed by atoms with Crippen LogP contribution in [-0.2, 0) is 0 Å². The van der Waals surface area contributed by atoms with Crippen molar-refractivity contribution in [1.82, 2.24) is 0 Å². The first-order valence-corrected chi connectivity index (χ1v) is 31.8. The third kappa shape index (κ3) is 26.0. The molecule has 96 heavy (non-hydrogen) atoms. The number of phenolic OH excluding ortho intramolecular Hbond substituents is 8. The molecular formula is C80H104F8O8. The number of hydrogen-bond acceptors (Lipinski definition) is 8. The molecule has 8 aromatic carbocycles. The first kappa shape index (κ1) is 78.3. The molecular weight excluding hydrogens is 1240 g/mol. The molecule has 8 N–H and O–H groups in total. The third-order valence-corrected chi connectivity index (χ3v) is 14.7. The van der Waals surface area contributed by atoms with Gasteiger partial charge in [-0.25, -0.2) is 35.1 Å². The standard InChI is InChI=1S/2C10H12F2O.4C10H13FO.2C10H14O/c2*1-5(2)8-7(13)4-6(3)9(11)10(8)12;2*1-6(2)8-5-9(11)7(3)4-10(8)12;2*1-6(2)10-8(11)4-7(3)5-9(10)12;2*1-7(2)9-5-4-8(3)6-10(9)11/h2*4-5,13H,1-3H3;4*4-6,12H,1-3H3;2*4-7,11H,1-3H3/i;;5D;;4D;;4D,5D;. The van der Waals surface area contributed by atoms with Gasteiger partial charge >= 0.3 is 0 Å². The maximum absolute atomic E-state index is 13.4. The van der Waals surface area contributed by atoms with Crippen LogP contribution in [0.5, 0.6) is 46.0 Å². The van der Waals surface area contributed by atoms with Gasteiger partial charge in [0.1, 0.15) is 69.3 Å². The maximum atomic E-state index is 13.4. The number of halogens is 8. The fraction of sp³-hybridized carbons (Fsp3) is 0.400. The Morgan fingerprint density at radius 2 is 0.583 bits per heavy atom. The van der Waals surface area contributed by atoms with E-state index in [-0.39, 0.29) is 145 Å². The van der Waals surface area contributed by atoms with E-state index in [0.29, 0.717) is 56.2 Å². The van der Waals surface area contributed by atoms with E-state index in [1.165, 1.54) is 63.2 Å². The summed E-state index contributed by atoms with van der Waals surface area (Å²) in [5.41, 5.74) is 7.35. The molecule has 0 radical (unpaired) electrons. The van der Waals surface area contributed by atoms with Crippen molar-refractivity contribution < 1.29 is 81.5 Å². The van der Waals surface area contributed by atoms with Crippen LogP contribution in [0.2, 0.25) is 0 Å². The van der Waals surface area contributed by atoms with Gasteiger partial charge in [0, 0.05) is 22.3 Å². The summed E-state index contributed by atoms with van der Waals surface area (Å²) in [5, 5.41) is 75.5. The van der Waals surface area contributed by atoms with E-state index in [4.69, 9.17) is 5.48 Å². The van der Waals surface area contributed by atoms with Crippen molar-refractivity contribution in [3.8, 4) is 46.0 Å². The van der Waals surface area contributed by atoms with Crippen molar-refractivity contribution in [1.29, 1.82) is 0 Å². The summed E-state index contributed by atoms with van der Waals surface area (Å²) in [4.78, 5) is 0. The number of aromatic hydroxyl groups is 8. The van der Waals surface area contributed by atoms with Gasteiger partial charge in [0.05, 0.1) is 5.48 Å². The van der Waals surface area contributed by atoms with Crippen LogP contribution in [0.1, 0.15) is 253 Å². The van der Waals surface area contributed by atoms with Crippen LogP contribution in [0.15, 0.2) is 97.0 Å². The topological polar surface area (TPSA) is 162 Å². The lowest BCUT2D eigenvalue weighted by molar-refractivity contribution is 0.433. The first-order chi connectivity index (χ1) is 45.9. The summed E-state index contributed by atoms with van der Waals surface area (Å²) in [7, 11) is 0. The van der Waals surface area contributed by atoms with Gasteiger partial charge in [0.15, 0.2) is 23.3 Å². The second-order valence-electron chi connectivity index (χ2n) is 26.2. The maximum Gasteiger partial charge on any atom is 0.166 e. The molecule has 0 spiro atoms. The van der Waals surface area contributed by atoms with E-state index in [9.17, 15) is 76.0 Å². The number of phenols is 8. The zero-order valence-electron chi connectivity index (χ0n) is 64.1. The molecule has 0 saturated heterocycles. The molecule has 0 amide bonds. The lowest BCUT2D eigenvalue weighted by Crippen LogP contribution is -1.99. The van der Waals surface area contributed by atoms with Crippen LogP contribution in [0.3, 0.4) is 0 Å². The van der Waals surface area contributed by atoms with Crippen molar-refractivity contribution in [2.24, 2.45) is 0 Å². The monoisotopic (exact) mass is 1350 g/mol. The third-order valence-electron chi connectivity index (χ3n) is 14.7. The number of aryl methyl sites for hydroxylation is 8. The summed E-state index contributed by atoms with van der Waals surface area (Å²) in [5.74, 6) is -4.88. The molecule has 0 heterocycles. The fourth-order valence-electron chi connectivity index (χ4n) is 9.47. The molecule has 0 aromatic heterocycles. The Labute approximate surface area is 571 Å². The molecule has 0 unspecified atom stereocenters. The highest BCUT2D eigenvalue weighted by Gasteiger charge is 2.21. The largest absolute Gasteiger partial charge is 0.508 e. The van der Waals surface area contributed by atoms with Crippen molar-refractivity contribution in [3.05, 3.63) is 233 Å². The lowest BCUT2D eigenvalue weighted by atomic mass is 9.99. The van der Waals surface area contributed by atoms with E-state index in [2.05, 4.69) is 13.8 Å². The zero-order valence-corrected chi connectivity index (χ0v) is 60.1. The van der Waals surface area contributed by atoms with Crippen LogP contribution in [0.4, 0.5) is 35.1 Å². The normalized spacial score (nSPS) is 11.3. The highest BCUT2D eigenvalue weighted by Crippen LogP contribution is 2.36. The van der Waals surface area contributed by atoms with E-state index >= 15 is 0 Å². The van der Waals surface area contributed by atoms with Crippen molar-refractivity contribution in [2.45, 2.75) is 214 Å².